The lowest BCUT2D eigenvalue weighted by Gasteiger charge is -2.20. The van der Waals surface area contributed by atoms with Crippen LogP contribution in [0.25, 0.3) is 0 Å². The fraction of sp³-hybridized carbons (Fsp3) is 0.278. The van der Waals surface area contributed by atoms with Crippen molar-refractivity contribution in [3.63, 3.8) is 0 Å². The maximum absolute atomic E-state index is 13.0. The van der Waals surface area contributed by atoms with Gasteiger partial charge in [0.1, 0.15) is 4.90 Å². The number of benzene rings is 2. The Kier molecular flexibility index (Phi) is 5.93. The van der Waals surface area contributed by atoms with E-state index in [1.807, 2.05) is 0 Å². The third-order valence-corrected chi connectivity index (χ3v) is 6.87. The summed E-state index contributed by atoms with van der Waals surface area (Å²) >= 11 is 12.1. The fourth-order valence-electron chi connectivity index (χ4n) is 2.84. The Balaban J connectivity index is 2.01. The van der Waals surface area contributed by atoms with Gasteiger partial charge in [-0.15, -0.1) is 0 Å². The van der Waals surface area contributed by atoms with Gasteiger partial charge in [0.15, 0.2) is 0 Å². The summed E-state index contributed by atoms with van der Waals surface area (Å²) in [6, 6.07) is 8.85. The van der Waals surface area contributed by atoms with Crippen LogP contribution in [0.2, 0.25) is 10.0 Å². The molecule has 0 spiro atoms. The molecule has 0 saturated heterocycles. The molecule has 0 bridgehead atoms. The van der Waals surface area contributed by atoms with Crippen molar-refractivity contribution in [1.29, 1.82) is 0 Å². The predicted molar refractivity (Wildman–Crippen MR) is 102 cm³/mol. The van der Waals surface area contributed by atoms with Crippen LogP contribution in [-0.2, 0) is 16.2 Å². The highest BCUT2D eigenvalue weighted by Gasteiger charge is 2.31. The molecule has 0 atom stereocenters. The number of nitrogens with zero attached hydrogens (tertiary/aromatic N) is 2. The van der Waals surface area contributed by atoms with Crippen LogP contribution in [0.1, 0.15) is 30.4 Å². The molecule has 0 unspecified atom stereocenters. The van der Waals surface area contributed by atoms with Gasteiger partial charge in [-0.05, 0) is 49.1 Å². The van der Waals surface area contributed by atoms with E-state index in [9.17, 15) is 21.6 Å². The number of rotatable bonds is 3. The molecule has 1 aliphatic rings. The number of hydrogen-bond acceptors (Lipinski definition) is 3. The van der Waals surface area contributed by atoms with E-state index >= 15 is 0 Å². The zero-order chi connectivity index (χ0) is 20.5. The van der Waals surface area contributed by atoms with Gasteiger partial charge >= 0.3 is 6.18 Å². The maximum Gasteiger partial charge on any atom is 0.416 e. The molecule has 0 N–H and O–H groups in total. The van der Waals surface area contributed by atoms with Crippen LogP contribution in [0, 0.1) is 0 Å². The van der Waals surface area contributed by atoms with Crippen LogP contribution >= 0.6 is 23.2 Å². The highest BCUT2D eigenvalue weighted by molar-refractivity contribution is 7.89. The first kappa shape index (κ1) is 21.0. The Morgan fingerprint density at radius 3 is 2.14 bits per heavy atom. The van der Waals surface area contributed by atoms with Gasteiger partial charge in [-0.3, -0.25) is 0 Å². The second kappa shape index (κ2) is 7.93. The zero-order valence-corrected chi connectivity index (χ0v) is 16.7. The lowest BCUT2D eigenvalue weighted by atomic mass is 10.0. The van der Waals surface area contributed by atoms with Crippen molar-refractivity contribution in [2.45, 2.75) is 30.3 Å². The highest BCUT2D eigenvalue weighted by Crippen LogP contribution is 2.33. The molecule has 10 heteroatoms. The summed E-state index contributed by atoms with van der Waals surface area (Å²) in [5, 5.41) is 4.18. The van der Waals surface area contributed by atoms with Crippen LogP contribution in [0.3, 0.4) is 0 Å². The van der Waals surface area contributed by atoms with Crippen molar-refractivity contribution in [1.82, 2.24) is 4.41 Å². The van der Waals surface area contributed by atoms with Crippen molar-refractivity contribution < 1.29 is 21.6 Å². The molecule has 0 radical (unpaired) electrons. The van der Waals surface area contributed by atoms with Crippen LogP contribution in [0.5, 0.6) is 0 Å². The minimum absolute atomic E-state index is 0.0250. The molecule has 1 aliphatic heterocycles. The van der Waals surface area contributed by atoms with Gasteiger partial charge in [-0.1, -0.05) is 41.4 Å². The molecular formula is C18H15Cl2F3N2O2S. The molecule has 4 nitrogen and oxygen atoms in total. The van der Waals surface area contributed by atoms with Crippen molar-refractivity contribution in [3.8, 4) is 0 Å². The Labute approximate surface area is 170 Å². The summed E-state index contributed by atoms with van der Waals surface area (Å²) in [4.78, 5) is -0.240. The highest BCUT2D eigenvalue weighted by atomic mass is 35.5. The number of hydrazone groups is 1. The van der Waals surface area contributed by atoms with Gasteiger partial charge in [-0.25, -0.2) is 0 Å². The molecule has 0 amide bonds. The number of halogens is 5. The summed E-state index contributed by atoms with van der Waals surface area (Å²) in [5.41, 5.74) is 0.0381. The van der Waals surface area contributed by atoms with Gasteiger partial charge < -0.3 is 0 Å². The molecule has 1 heterocycles. The molecular weight excluding hydrogens is 436 g/mol. The van der Waals surface area contributed by atoms with E-state index in [1.54, 1.807) is 0 Å². The smallest absolute Gasteiger partial charge is 0.199 e. The zero-order valence-electron chi connectivity index (χ0n) is 14.4. The maximum atomic E-state index is 13.0. The van der Waals surface area contributed by atoms with E-state index in [0.717, 1.165) is 16.5 Å². The van der Waals surface area contributed by atoms with Gasteiger partial charge in [0.05, 0.1) is 27.9 Å². The average molecular weight is 451 g/mol. The topological polar surface area (TPSA) is 49.7 Å². The van der Waals surface area contributed by atoms with E-state index in [0.29, 0.717) is 30.5 Å². The van der Waals surface area contributed by atoms with Gasteiger partial charge in [0.2, 0.25) is 0 Å². The summed E-state index contributed by atoms with van der Waals surface area (Å²) in [6.45, 7) is 0.119. The average Bonchev–Trinajstić information content (AvgIpc) is 2.87. The summed E-state index contributed by atoms with van der Waals surface area (Å²) in [5.74, 6) is 0. The van der Waals surface area contributed by atoms with Gasteiger partial charge in [-0.2, -0.15) is 31.1 Å². The fourth-order valence-corrected chi connectivity index (χ4v) is 5.23. The largest absolute Gasteiger partial charge is 0.416 e. The lowest BCUT2D eigenvalue weighted by molar-refractivity contribution is -0.137. The second-order valence-electron chi connectivity index (χ2n) is 6.18. The van der Waals surface area contributed by atoms with E-state index in [4.69, 9.17) is 23.2 Å². The molecule has 0 fully saturated rings. The van der Waals surface area contributed by atoms with E-state index in [-0.39, 0.29) is 21.5 Å². The number of hydrogen-bond donors (Lipinski definition) is 0. The summed E-state index contributed by atoms with van der Waals surface area (Å²) < 4.78 is 65.3. The first-order valence-electron chi connectivity index (χ1n) is 8.32. The third kappa shape index (κ3) is 4.29. The van der Waals surface area contributed by atoms with Gasteiger partial charge in [0, 0.05) is 0 Å². The van der Waals surface area contributed by atoms with Crippen LogP contribution in [-0.4, -0.2) is 25.1 Å². The van der Waals surface area contributed by atoms with Crippen molar-refractivity contribution in [2.24, 2.45) is 5.10 Å². The molecule has 150 valence electrons. The number of alkyl halides is 3. The lowest BCUT2D eigenvalue weighted by Crippen LogP contribution is -2.28. The molecule has 28 heavy (non-hydrogen) atoms. The quantitative estimate of drug-likeness (QED) is 0.611. The minimum atomic E-state index is -4.44. The normalized spacial score (nSPS) is 15.9. The first-order chi connectivity index (χ1) is 13.1. The van der Waals surface area contributed by atoms with Crippen molar-refractivity contribution in [3.05, 3.63) is 63.6 Å². The predicted octanol–water partition coefficient (Wildman–Crippen LogP) is 5.59. The molecule has 3 rings (SSSR count). The molecule has 2 aromatic rings. The molecule has 0 aliphatic carbocycles. The first-order valence-corrected chi connectivity index (χ1v) is 10.5. The standard InChI is InChI=1S/C18H15Cl2F3N2O2S/c19-14-4-3-5-15(20)17(14)28(26,27)25-11-2-1-6-16(24-25)12-7-9-13(10-8-12)18(21,22)23/h3-5,7-10H,1-2,6,11H2. The Morgan fingerprint density at radius 1 is 0.964 bits per heavy atom. The van der Waals surface area contributed by atoms with E-state index < -0.39 is 21.8 Å². The molecule has 0 aromatic heterocycles. The molecule has 0 saturated carbocycles. The van der Waals surface area contributed by atoms with Crippen LogP contribution < -0.4 is 0 Å². The van der Waals surface area contributed by atoms with E-state index in [2.05, 4.69) is 5.10 Å². The summed E-state index contributed by atoms with van der Waals surface area (Å²) in [6.07, 6.45) is -2.83. The van der Waals surface area contributed by atoms with Crippen LogP contribution in [0.4, 0.5) is 13.2 Å². The Morgan fingerprint density at radius 2 is 1.57 bits per heavy atom. The number of sulfonamides is 1. The minimum Gasteiger partial charge on any atom is -0.199 e. The summed E-state index contributed by atoms with van der Waals surface area (Å²) in [7, 11) is -4.12. The van der Waals surface area contributed by atoms with Crippen molar-refractivity contribution >= 4 is 38.9 Å². The van der Waals surface area contributed by atoms with Crippen molar-refractivity contribution in [2.75, 3.05) is 6.54 Å². The monoisotopic (exact) mass is 450 g/mol. The van der Waals surface area contributed by atoms with E-state index in [1.165, 1.54) is 30.3 Å². The molecule has 2 aromatic carbocycles. The van der Waals surface area contributed by atoms with Gasteiger partial charge in [0.25, 0.3) is 10.0 Å². The second-order valence-corrected chi connectivity index (χ2v) is 8.77. The third-order valence-electron chi connectivity index (χ3n) is 4.25. The SMILES string of the molecule is O=S(=O)(c1c(Cl)cccc1Cl)N1CCCCC(c2ccc(C(F)(F)F)cc2)=N1. The van der Waals surface area contributed by atoms with Crippen LogP contribution in [0.15, 0.2) is 52.5 Å². The Hall–Kier alpha value is -1.77. The Bertz CT molecular complexity index is 986.